The molecule has 4 aromatic rings. The number of aromatic amines is 1. The molecule has 8 nitrogen and oxygen atoms in total. The van der Waals surface area contributed by atoms with Crippen LogP contribution in [0.2, 0.25) is 5.02 Å². The Balaban J connectivity index is 1.64. The van der Waals surface area contributed by atoms with E-state index in [9.17, 15) is 4.79 Å². The smallest absolute Gasteiger partial charge is 0.255 e. The second-order valence-electron chi connectivity index (χ2n) is 7.16. The number of aromatic nitrogens is 2. The van der Waals surface area contributed by atoms with Crippen LogP contribution >= 0.6 is 11.6 Å². The van der Waals surface area contributed by atoms with Gasteiger partial charge in [0, 0.05) is 28.4 Å². The molecule has 1 heterocycles. The fourth-order valence-corrected chi connectivity index (χ4v) is 3.52. The monoisotopic (exact) mass is 464 g/mol. The zero-order valence-corrected chi connectivity index (χ0v) is 18.7. The van der Waals surface area contributed by atoms with E-state index < -0.39 is 0 Å². The van der Waals surface area contributed by atoms with Crippen molar-refractivity contribution in [1.82, 2.24) is 15.4 Å². The Morgan fingerprint density at radius 1 is 1.03 bits per heavy atom. The van der Waals surface area contributed by atoms with Gasteiger partial charge in [0.15, 0.2) is 0 Å². The lowest BCUT2D eigenvalue weighted by Gasteiger charge is -2.10. The fourth-order valence-electron chi connectivity index (χ4n) is 3.32. The minimum Gasteiger partial charge on any atom is -0.497 e. The van der Waals surface area contributed by atoms with Crippen LogP contribution in [0.5, 0.6) is 11.5 Å². The molecular formula is C24H21ClN4O4. The van der Waals surface area contributed by atoms with Crippen LogP contribution < -0.4 is 20.3 Å². The highest BCUT2D eigenvalue weighted by Crippen LogP contribution is 2.31. The zero-order chi connectivity index (χ0) is 23.5. The van der Waals surface area contributed by atoms with E-state index in [1.165, 1.54) is 14.2 Å². The van der Waals surface area contributed by atoms with Gasteiger partial charge in [0.05, 0.1) is 36.0 Å². The number of benzene rings is 3. The highest BCUT2D eigenvalue weighted by molar-refractivity contribution is 6.33. The first-order chi connectivity index (χ1) is 15.9. The number of H-pyrrole nitrogens is 1. The van der Waals surface area contributed by atoms with Crippen LogP contribution in [0.4, 0.5) is 5.69 Å². The molecule has 0 aliphatic heterocycles. The van der Waals surface area contributed by atoms with Crippen molar-refractivity contribution in [3.05, 3.63) is 77.3 Å². The van der Waals surface area contributed by atoms with Crippen LogP contribution in [0.15, 0.2) is 61.2 Å². The maximum Gasteiger partial charge on any atom is 0.255 e. The van der Waals surface area contributed by atoms with Crippen molar-refractivity contribution in [3.63, 3.8) is 0 Å². The summed E-state index contributed by atoms with van der Waals surface area (Å²) in [5.41, 5.74) is 6.12. The molecule has 3 aromatic carbocycles. The van der Waals surface area contributed by atoms with Crippen molar-refractivity contribution in [3.8, 4) is 22.9 Å². The van der Waals surface area contributed by atoms with Crippen LogP contribution in [0.25, 0.3) is 28.1 Å². The number of ether oxygens (including phenoxy) is 2. The van der Waals surface area contributed by atoms with Gasteiger partial charge < -0.3 is 19.8 Å². The minimum absolute atomic E-state index is 0.329. The summed E-state index contributed by atoms with van der Waals surface area (Å²) in [5, 5.41) is 12.4. The second-order valence-corrected chi connectivity index (χ2v) is 7.56. The lowest BCUT2D eigenvalue weighted by Crippen LogP contribution is -2.12. The number of fused-ring (bicyclic) bond motifs is 1. The minimum atomic E-state index is -0.329. The number of anilines is 1. The van der Waals surface area contributed by atoms with Gasteiger partial charge >= 0.3 is 0 Å². The third kappa shape index (κ3) is 4.62. The number of carbonyl (C=O) groups excluding carboxylic acids is 1. The van der Waals surface area contributed by atoms with Gasteiger partial charge in [0.25, 0.3) is 5.91 Å². The Morgan fingerprint density at radius 3 is 2.42 bits per heavy atom. The van der Waals surface area contributed by atoms with Crippen molar-refractivity contribution in [2.24, 2.45) is 0 Å². The van der Waals surface area contributed by atoms with Crippen molar-refractivity contribution in [1.29, 1.82) is 0 Å². The van der Waals surface area contributed by atoms with Crippen molar-refractivity contribution >= 4 is 39.9 Å². The Morgan fingerprint density at radius 2 is 1.76 bits per heavy atom. The second kappa shape index (κ2) is 9.23. The molecule has 4 N–H and O–H groups in total. The molecule has 0 bridgehead atoms. The Bertz CT molecular complexity index is 1340. The van der Waals surface area contributed by atoms with E-state index in [0.29, 0.717) is 55.9 Å². The number of nitrogens with one attached hydrogen (secondary N) is 3. The molecule has 0 saturated carbocycles. The van der Waals surface area contributed by atoms with E-state index >= 15 is 0 Å². The molecular weight excluding hydrogens is 444 g/mol. The summed E-state index contributed by atoms with van der Waals surface area (Å²) in [4.78, 5) is 20.7. The first-order valence-corrected chi connectivity index (χ1v) is 10.2. The third-order valence-corrected chi connectivity index (χ3v) is 5.39. The van der Waals surface area contributed by atoms with E-state index in [0.717, 1.165) is 5.52 Å². The molecule has 1 amide bonds. The third-order valence-electron chi connectivity index (χ3n) is 5.06. The molecule has 4 rings (SSSR count). The molecule has 1 aromatic heterocycles. The van der Waals surface area contributed by atoms with Crippen LogP contribution in [0.1, 0.15) is 15.9 Å². The number of amides is 1. The Kier molecular flexibility index (Phi) is 6.21. The molecule has 0 aliphatic rings. The quantitative estimate of drug-likeness (QED) is 0.283. The van der Waals surface area contributed by atoms with E-state index in [4.69, 9.17) is 26.3 Å². The predicted molar refractivity (Wildman–Crippen MR) is 128 cm³/mol. The number of rotatable bonds is 7. The normalized spacial score (nSPS) is 10.7. The summed E-state index contributed by atoms with van der Waals surface area (Å²) in [7, 11) is 3.04. The van der Waals surface area contributed by atoms with Gasteiger partial charge in [-0.15, -0.1) is 0 Å². The topological polar surface area (TPSA) is 108 Å². The van der Waals surface area contributed by atoms with Gasteiger partial charge in [0.2, 0.25) is 0 Å². The van der Waals surface area contributed by atoms with E-state index in [2.05, 4.69) is 21.9 Å². The van der Waals surface area contributed by atoms with E-state index in [-0.39, 0.29) is 5.91 Å². The van der Waals surface area contributed by atoms with Gasteiger partial charge in [-0.05, 0) is 42.5 Å². The fraction of sp³-hybridized carbons (Fsp3) is 0.0833. The maximum absolute atomic E-state index is 12.8. The number of halogens is 1. The van der Waals surface area contributed by atoms with Gasteiger partial charge in [-0.25, -0.2) is 4.98 Å². The molecule has 33 heavy (non-hydrogen) atoms. The molecule has 9 heteroatoms. The predicted octanol–water partition coefficient (Wildman–Crippen LogP) is 5.10. The van der Waals surface area contributed by atoms with Crippen molar-refractivity contribution < 1.29 is 19.5 Å². The van der Waals surface area contributed by atoms with E-state index in [1.807, 2.05) is 17.6 Å². The van der Waals surface area contributed by atoms with Crippen molar-refractivity contribution in [2.75, 3.05) is 19.5 Å². The van der Waals surface area contributed by atoms with Gasteiger partial charge in [-0.2, -0.15) is 0 Å². The highest BCUT2D eigenvalue weighted by Gasteiger charge is 2.14. The molecule has 0 atom stereocenters. The number of nitrogens with zero attached hydrogens (tertiary/aromatic N) is 1. The summed E-state index contributed by atoms with van der Waals surface area (Å²) < 4.78 is 10.5. The number of methoxy groups -OCH3 is 2. The van der Waals surface area contributed by atoms with Crippen molar-refractivity contribution in [2.45, 2.75) is 0 Å². The number of hydrogen-bond donors (Lipinski definition) is 4. The largest absolute Gasteiger partial charge is 0.497 e. The number of hydrogen-bond acceptors (Lipinski definition) is 6. The Hall–Kier alpha value is -4.01. The average Bonchev–Trinajstić information content (AvgIpc) is 3.27. The summed E-state index contributed by atoms with van der Waals surface area (Å²) in [6.07, 6.45) is 0. The van der Waals surface area contributed by atoms with Crippen LogP contribution in [-0.2, 0) is 0 Å². The van der Waals surface area contributed by atoms with Crippen LogP contribution in [0, 0.1) is 0 Å². The van der Waals surface area contributed by atoms with Gasteiger partial charge in [0.1, 0.15) is 17.3 Å². The first kappa shape index (κ1) is 22.2. The number of carbonyl (C=O) groups is 1. The van der Waals surface area contributed by atoms with Crippen LogP contribution in [0.3, 0.4) is 0 Å². The molecule has 0 saturated heterocycles. The lowest BCUT2D eigenvalue weighted by molar-refractivity contribution is 0.102. The average molecular weight is 465 g/mol. The summed E-state index contributed by atoms with van der Waals surface area (Å²) in [5.74, 6) is 1.23. The molecule has 0 unspecified atom stereocenters. The molecule has 0 radical (unpaired) electrons. The highest BCUT2D eigenvalue weighted by atomic mass is 35.5. The molecule has 0 fully saturated rings. The Labute approximate surface area is 194 Å². The molecule has 0 spiro atoms. The van der Waals surface area contributed by atoms with Crippen LogP contribution in [-0.4, -0.2) is 35.3 Å². The molecule has 168 valence electrons. The molecule has 0 aliphatic carbocycles. The lowest BCUT2D eigenvalue weighted by atomic mass is 10.1. The van der Waals surface area contributed by atoms with E-state index in [1.54, 1.807) is 42.5 Å². The summed E-state index contributed by atoms with van der Waals surface area (Å²) >= 11 is 6.43. The van der Waals surface area contributed by atoms with Gasteiger partial charge in [-0.3, -0.25) is 15.5 Å². The van der Waals surface area contributed by atoms with Gasteiger partial charge in [-0.1, -0.05) is 24.2 Å². The SMILES string of the molecule is C=C(NO)c1ccc2nc(-c3cc(NC(=O)c4cc(OC)cc(OC)c4)ccc3Cl)[nH]c2c1. The maximum atomic E-state index is 12.8. The zero-order valence-electron chi connectivity index (χ0n) is 17.9. The standard InChI is InChI=1S/C24H21ClN4O4/c1-13(29-31)14-4-7-21-22(10-14)28-23(27-21)19-11-16(5-6-20(19)25)26-24(30)15-8-17(32-2)12-18(9-15)33-3/h4-12,29,31H,1H2,2-3H3,(H,26,30)(H,27,28). The first-order valence-electron chi connectivity index (χ1n) is 9.85. The summed E-state index contributed by atoms with van der Waals surface area (Å²) in [6, 6.07) is 15.5. The number of imidazole rings is 1. The number of hydroxylamine groups is 1. The summed E-state index contributed by atoms with van der Waals surface area (Å²) in [6.45, 7) is 3.74.